The van der Waals surface area contributed by atoms with Gasteiger partial charge in [0.15, 0.2) is 5.84 Å². The first-order valence-corrected chi connectivity index (χ1v) is 8.89. The molecule has 0 unspecified atom stereocenters. The molecule has 0 spiro atoms. The molecule has 0 bridgehead atoms. The summed E-state index contributed by atoms with van der Waals surface area (Å²) in [6.45, 7) is 0. The highest BCUT2D eigenvalue weighted by Crippen LogP contribution is 2.30. The highest BCUT2D eigenvalue weighted by molar-refractivity contribution is 6.33. The van der Waals surface area contributed by atoms with Crippen LogP contribution in [0.3, 0.4) is 0 Å². The summed E-state index contributed by atoms with van der Waals surface area (Å²) in [5.41, 5.74) is 1.64. The average Bonchev–Trinajstić information content (AvgIpc) is 3.05. The van der Waals surface area contributed by atoms with E-state index in [0.717, 1.165) is 5.56 Å². The Labute approximate surface area is 167 Å². The summed E-state index contributed by atoms with van der Waals surface area (Å²) < 4.78 is 19.6. The maximum Gasteiger partial charge on any atom is 0.282 e. The first-order valence-electron chi connectivity index (χ1n) is 8.89. The molecule has 29 heavy (non-hydrogen) atoms. The molecule has 3 aromatic rings. The van der Waals surface area contributed by atoms with E-state index in [1.807, 2.05) is 0 Å². The Hall–Kier alpha value is -3.93. The van der Waals surface area contributed by atoms with Gasteiger partial charge in [-0.2, -0.15) is 0 Å². The van der Waals surface area contributed by atoms with Gasteiger partial charge in [0.1, 0.15) is 23.0 Å². The lowest BCUT2D eigenvalue weighted by Crippen LogP contribution is -2.33. The molecule has 5 nitrogen and oxygen atoms in total. The summed E-state index contributed by atoms with van der Waals surface area (Å²) in [7, 11) is 1.58. The minimum Gasteiger partial charge on any atom is -0.508 e. The summed E-state index contributed by atoms with van der Waals surface area (Å²) >= 11 is 0. The van der Waals surface area contributed by atoms with Crippen LogP contribution in [0.4, 0.5) is 10.1 Å². The monoisotopic (exact) mass is 388 g/mol. The molecular formula is C23H17FN2O3. The van der Waals surface area contributed by atoms with Gasteiger partial charge >= 0.3 is 0 Å². The Balaban J connectivity index is 1.81. The van der Waals surface area contributed by atoms with Gasteiger partial charge in [-0.05, 0) is 60.2 Å². The first kappa shape index (κ1) is 18.4. The van der Waals surface area contributed by atoms with Crippen molar-refractivity contribution in [2.24, 2.45) is 4.99 Å². The Morgan fingerprint density at radius 2 is 1.69 bits per heavy atom. The van der Waals surface area contributed by atoms with Crippen molar-refractivity contribution in [2.45, 2.75) is 0 Å². The normalized spacial score (nSPS) is 15.0. The van der Waals surface area contributed by atoms with E-state index >= 15 is 0 Å². The molecule has 1 aliphatic heterocycles. The van der Waals surface area contributed by atoms with Crippen LogP contribution in [-0.4, -0.2) is 24.0 Å². The first-order chi connectivity index (χ1) is 14.1. The van der Waals surface area contributed by atoms with E-state index < -0.39 is 5.82 Å². The smallest absolute Gasteiger partial charge is 0.282 e. The van der Waals surface area contributed by atoms with Gasteiger partial charge in [-0.3, -0.25) is 9.69 Å². The number of halogens is 1. The van der Waals surface area contributed by atoms with E-state index in [-0.39, 0.29) is 28.8 Å². The van der Waals surface area contributed by atoms with Crippen molar-refractivity contribution in [2.75, 3.05) is 12.0 Å². The molecule has 0 saturated heterocycles. The van der Waals surface area contributed by atoms with Crippen LogP contribution in [-0.2, 0) is 4.79 Å². The predicted molar refractivity (Wildman–Crippen MR) is 110 cm³/mol. The number of nitrogens with zero attached hydrogens (tertiary/aromatic N) is 2. The second-order valence-electron chi connectivity index (χ2n) is 6.37. The number of hydrogen-bond acceptors (Lipinski definition) is 4. The molecule has 0 atom stereocenters. The van der Waals surface area contributed by atoms with E-state index in [0.29, 0.717) is 11.4 Å². The SMILES string of the molecule is COc1ccc(/C=C2/N=C(c3ccccc3F)N(c3ccc(O)cc3)C2=O)cc1. The van der Waals surface area contributed by atoms with Crippen molar-refractivity contribution in [3.05, 3.63) is 95.4 Å². The highest BCUT2D eigenvalue weighted by Gasteiger charge is 2.33. The maximum absolute atomic E-state index is 14.5. The average molecular weight is 388 g/mol. The Bertz CT molecular complexity index is 1120. The molecule has 0 aliphatic carbocycles. The largest absolute Gasteiger partial charge is 0.508 e. The van der Waals surface area contributed by atoms with Crippen LogP contribution >= 0.6 is 0 Å². The fourth-order valence-electron chi connectivity index (χ4n) is 3.04. The van der Waals surface area contributed by atoms with Gasteiger partial charge in [-0.15, -0.1) is 0 Å². The van der Waals surface area contributed by atoms with Crippen LogP contribution in [0.2, 0.25) is 0 Å². The molecule has 0 radical (unpaired) electrons. The van der Waals surface area contributed by atoms with Crippen molar-refractivity contribution < 1.29 is 19.0 Å². The molecule has 6 heteroatoms. The summed E-state index contributed by atoms with van der Waals surface area (Å²) in [6.07, 6.45) is 1.64. The summed E-state index contributed by atoms with van der Waals surface area (Å²) in [5.74, 6) is 0.0989. The Kier molecular flexibility index (Phi) is 4.83. The number of phenolic OH excluding ortho intramolecular Hbond substituents is 1. The number of ether oxygens (including phenoxy) is 1. The summed E-state index contributed by atoms with van der Waals surface area (Å²) in [5, 5.41) is 9.57. The van der Waals surface area contributed by atoms with Gasteiger partial charge < -0.3 is 9.84 Å². The third-order valence-corrected chi connectivity index (χ3v) is 4.50. The van der Waals surface area contributed by atoms with E-state index in [2.05, 4.69) is 4.99 Å². The van der Waals surface area contributed by atoms with Gasteiger partial charge in [0.05, 0.1) is 18.4 Å². The van der Waals surface area contributed by atoms with E-state index in [4.69, 9.17) is 4.74 Å². The van der Waals surface area contributed by atoms with Crippen molar-refractivity contribution in [1.82, 2.24) is 0 Å². The molecule has 144 valence electrons. The topological polar surface area (TPSA) is 62.1 Å². The third kappa shape index (κ3) is 3.60. The van der Waals surface area contributed by atoms with Crippen molar-refractivity contribution in [1.29, 1.82) is 0 Å². The van der Waals surface area contributed by atoms with Gasteiger partial charge in [-0.1, -0.05) is 24.3 Å². The van der Waals surface area contributed by atoms with E-state index in [1.54, 1.807) is 67.8 Å². The molecule has 1 aliphatic rings. The number of anilines is 1. The zero-order valence-electron chi connectivity index (χ0n) is 15.5. The number of carbonyl (C=O) groups excluding carboxylic acids is 1. The number of benzene rings is 3. The predicted octanol–water partition coefficient (Wildman–Crippen LogP) is 4.37. The lowest BCUT2D eigenvalue weighted by Gasteiger charge is -2.18. The minimum absolute atomic E-state index is 0.0683. The van der Waals surface area contributed by atoms with Crippen molar-refractivity contribution in [3.63, 3.8) is 0 Å². The zero-order valence-corrected chi connectivity index (χ0v) is 15.5. The lowest BCUT2D eigenvalue weighted by molar-refractivity contribution is -0.113. The number of methoxy groups -OCH3 is 1. The van der Waals surface area contributed by atoms with Crippen LogP contribution in [0.25, 0.3) is 6.08 Å². The van der Waals surface area contributed by atoms with E-state index in [1.165, 1.54) is 23.1 Å². The fraction of sp³-hybridized carbons (Fsp3) is 0.0435. The maximum atomic E-state index is 14.5. The number of carbonyl (C=O) groups is 1. The fourth-order valence-corrected chi connectivity index (χ4v) is 3.04. The number of aromatic hydroxyl groups is 1. The van der Waals surface area contributed by atoms with Crippen LogP contribution in [0, 0.1) is 5.82 Å². The number of hydrogen-bond donors (Lipinski definition) is 1. The molecule has 1 amide bonds. The van der Waals surface area contributed by atoms with Crippen LogP contribution in [0.15, 0.2) is 83.5 Å². The number of amides is 1. The molecule has 3 aromatic carbocycles. The standard InChI is InChI=1S/C23H17FN2O3/c1-29-18-12-6-15(7-13-18)14-21-23(28)26(16-8-10-17(27)11-9-16)22(25-21)19-4-2-3-5-20(19)24/h2-14,27H,1H3/b21-14+. The number of amidine groups is 1. The van der Waals surface area contributed by atoms with Gasteiger partial charge in [0.25, 0.3) is 5.91 Å². The van der Waals surface area contributed by atoms with Gasteiger partial charge in [0, 0.05) is 0 Å². The van der Waals surface area contributed by atoms with Crippen LogP contribution < -0.4 is 9.64 Å². The van der Waals surface area contributed by atoms with Crippen molar-refractivity contribution in [3.8, 4) is 11.5 Å². The minimum atomic E-state index is -0.478. The quantitative estimate of drug-likeness (QED) is 0.675. The Morgan fingerprint density at radius 1 is 1.00 bits per heavy atom. The van der Waals surface area contributed by atoms with Crippen LogP contribution in [0.1, 0.15) is 11.1 Å². The lowest BCUT2D eigenvalue weighted by atomic mass is 10.1. The molecule has 0 aromatic heterocycles. The number of aliphatic imine (C=N–C) groups is 1. The summed E-state index contributed by atoms with van der Waals surface area (Å²) in [4.78, 5) is 18.9. The van der Waals surface area contributed by atoms with Crippen molar-refractivity contribution >= 4 is 23.5 Å². The molecular weight excluding hydrogens is 371 g/mol. The van der Waals surface area contributed by atoms with E-state index in [9.17, 15) is 14.3 Å². The molecule has 0 fully saturated rings. The second kappa shape index (κ2) is 7.59. The molecule has 4 rings (SSSR count). The number of phenols is 1. The molecule has 0 saturated carbocycles. The summed E-state index contributed by atoms with van der Waals surface area (Å²) in [6, 6.07) is 19.4. The third-order valence-electron chi connectivity index (χ3n) is 4.50. The molecule has 1 heterocycles. The Morgan fingerprint density at radius 3 is 2.34 bits per heavy atom. The number of rotatable bonds is 4. The zero-order chi connectivity index (χ0) is 20.4. The van der Waals surface area contributed by atoms with Gasteiger partial charge in [-0.25, -0.2) is 9.38 Å². The second-order valence-corrected chi connectivity index (χ2v) is 6.37. The highest BCUT2D eigenvalue weighted by atomic mass is 19.1. The van der Waals surface area contributed by atoms with Crippen LogP contribution in [0.5, 0.6) is 11.5 Å². The van der Waals surface area contributed by atoms with Gasteiger partial charge in [0.2, 0.25) is 0 Å². The molecule has 1 N–H and O–H groups in total.